The number of halogens is 1. The Hall–Kier alpha value is -4.75. The monoisotopic (exact) mass is 588 g/mol. The maximum Gasteiger partial charge on any atom is 0.258 e. The fourth-order valence-corrected chi connectivity index (χ4v) is 5.94. The summed E-state index contributed by atoms with van der Waals surface area (Å²) in [5.41, 5.74) is 7.44. The van der Waals surface area contributed by atoms with Crippen LogP contribution in [-0.4, -0.2) is 29.8 Å². The number of aryl methyl sites for hydroxylation is 1. The number of amides is 2. The second-order valence-electron chi connectivity index (χ2n) is 11.7. The summed E-state index contributed by atoms with van der Waals surface area (Å²) in [4.78, 5) is 29.3. The fourth-order valence-electron chi connectivity index (χ4n) is 5.94. The first-order valence-electron chi connectivity index (χ1n) is 15.3. The van der Waals surface area contributed by atoms with Crippen LogP contribution < -0.4 is 16.0 Å². The molecule has 0 bridgehead atoms. The van der Waals surface area contributed by atoms with Crippen molar-refractivity contribution < 1.29 is 14.0 Å². The number of nitrogens with zero attached hydrogens (tertiary/aromatic N) is 1. The van der Waals surface area contributed by atoms with Crippen LogP contribution in [0.2, 0.25) is 0 Å². The molecule has 7 heteroatoms. The van der Waals surface area contributed by atoms with E-state index in [0.717, 1.165) is 36.4 Å². The summed E-state index contributed by atoms with van der Waals surface area (Å²) in [6.45, 7) is 7.03. The first kappa shape index (κ1) is 29.3. The SMILES string of the molecule is Cc1ccc([C@@H](C)NC(=O)c2ccc3c(c2)C(=C(Nc2cccc(CN4CCCCC4)c2)c2ccc(F)cc2)C(=O)N3)cc1. The number of likely N-dealkylation sites (tertiary alicyclic amines) is 1. The fraction of sp³-hybridized carbons (Fsp3) is 0.243. The summed E-state index contributed by atoms with van der Waals surface area (Å²) in [6, 6.07) is 27.4. The van der Waals surface area contributed by atoms with Crippen LogP contribution in [0.3, 0.4) is 0 Å². The van der Waals surface area contributed by atoms with Gasteiger partial charge in [0.25, 0.3) is 11.8 Å². The average molecular weight is 589 g/mol. The Balaban J connectivity index is 1.34. The zero-order valence-corrected chi connectivity index (χ0v) is 25.1. The number of benzene rings is 4. The van der Waals surface area contributed by atoms with Gasteiger partial charge in [0.05, 0.1) is 17.3 Å². The molecule has 2 heterocycles. The van der Waals surface area contributed by atoms with Gasteiger partial charge < -0.3 is 16.0 Å². The van der Waals surface area contributed by atoms with E-state index >= 15 is 0 Å². The van der Waals surface area contributed by atoms with E-state index in [1.165, 1.54) is 37.0 Å². The molecule has 0 spiro atoms. The minimum atomic E-state index is -0.362. The van der Waals surface area contributed by atoms with E-state index < -0.39 is 0 Å². The predicted molar refractivity (Wildman–Crippen MR) is 175 cm³/mol. The zero-order valence-electron chi connectivity index (χ0n) is 25.1. The molecule has 0 saturated carbocycles. The van der Waals surface area contributed by atoms with E-state index in [9.17, 15) is 14.0 Å². The van der Waals surface area contributed by atoms with Gasteiger partial charge in [-0.05, 0) is 111 Å². The Kier molecular flexibility index (Phi) is 8.57. The quantitative estimate of drug-likeness (QED) is 0.186. The minimum Gasteiger partial charge on any atom is -0.354 e. The first-order valence-corrected chi connectivity index (χ1v) is 15.3. The molecular weight excluding hydrogens is 551 g/mol. The van der Waals surface area contributed by atoms with Crippen molar-refractivity contribution in [1.82, 2.24) is 10.2 Å². The summed E-state index contributed by atoms with van der Waals surface area (Å²) < 4.78 is 14.0. The van der Waals surface area contributed by atoms with Crippen LogP contribution in [0.1, 0.15) is 70.4 Å². The average Bonchev–Trinajstić information content (AvgIpc) is 3.36. The van der Waals surface area contributed by atoms with Crippen LogP contribution >= 0.6 is 0 Å². The molecule has 2 aliphatic rings. The summed E-state index contributed by atoms with van der Waals surface area (Å²) >= 11 is 0. The van der Waals surface area contributed by atoms with E-state index in [1.54, 1.807) is 30.3 Å². The summed E-state index contributed by atoms with van der Waals surface area (Å²) in [6.07, 6.45) is 3.72. The molecule has 1 saturated heterocycles. The smallest absolute Gasteiger partial charge is 0.258 e. The van der Waals surface area contributed by atoms with Gasteiger partial charge in [0.15, 0.2) is 0 Å². The van der Waals surface area contributed by atoms with E-state index in [1.807, 2.05) is 50.2 Å². The number of hydrogen-bond donors (Lipinski definition) is 3. The normalized spacial score (nSPS) is 16.6. The van der Waals surface area contributed by atoms with Crippen LogP contribution in [0.4, 0.5) is 15.8 Å². The molecule has 6 nitrogen and oxygen atoms in total. The standard InChI is InChI=1S/C37H37FN4O2/c1-24-9-11-27(12-10-24)25(2)39-36(43)29-15-18-33-32(22-29)34(37(44)41-33)35(28-13-16-30(38)17-14-28)40-31-8-6-7-26(21-31)23-42-19-4-3-5-20-42/h6-18,21-22,25,40H,3-5,19-20,23H2,1-2H3,(H,39,43)(H,41,44)/t25-/m1/s1. The highest BCUT2D eigenvalue weighted by Gasteiger charge is 2.30. The van der Waals surface area contributed by atoms with Crippen LogP contribution in [0.5, 0.6) is 0 Å². The maximum atomic E-state index is 14.0. The molecule has 3 N–H and O–H groups in total. The number of rotatable bonds is 8. The molecule has 1 fully saturated rings. The molecule has 224 valence electrons. The molecule has 4 aromatic carbocycles. The van der Waals surface area contributed by atoms with Crippen molar-refractivity contribution in [3.8, 4) is 0 Å². The lowest BCUT2D eigenvalue weighted by Gasteiger charge is -2.26. The topological polar surface area (TPSA) is 73.5 Å². The third kappa shape index (κ3) is 6.58. The van der Waals surface area contributed by atoms with E-state index in [2.05, 4.69) is 33.0 Å². The van der Waals surface area contributed by atoms with E-state index in [-0.39, 0.29) is 23.7 Å². The van der Waals surface area contributed by atoms with Crippen molar-refractivity contribution in [2.75, 3.05) is 23.7 Å². The van der Waals surface area contributed by atoms with Gasteiger partial charge in [-0.1, -0.05) is 48.4 Å². The Bertz CT molecular complexity index is 1710. The van der Waals surface area contributed by atoms with Crippen molar-refractivity contribution in [3.05, 3.63) is 130 Å². The lowest BCUT2D eigenvalue weighted by atomic mass is 9.98. The molecule has 2 amide bonds. The van der Waals surface area contributed by atoms with Crippen molar-refractivity contribution in [2.45, 2.75) is 45.7 Å². The molecule has 6 rings (SSSR count). The molecule has 44 heavy (non-hydrogen) atoms. The highest BCUT2D eigenvalue weighted by atomic mass is 19.1. The Morgan fingerprint density at radius 1 is 0.909 bits per heavy atom. The van der Waals surface area contributed by atoms with Crippen LogP contribution in [0.15, 0.2) is 91.0 Å². The Labute approximate surface area is 258 Å². The van der Waals surface area contributed by atoms with Crippen molar-refractivity contribution in [1.29, 1.82) is 0 Å². The molecule has 0 unspecified atom stereocenters. The molecule has 1 atom stereocenters. The van der Waals surface area contributed by atoms with Crippen LogP contribution in [0.25, 0.3) is 11.3 Å². The largest absolute Gasteiger partial charge is 0.354 e. The number of carbonyl (C=O) groups excluding carboxylic acids is 2. The van der Waals surface area contributed by atoms with Gasteiger partial charge in [0.1, 0.15) is 5.82 Å². The van der Waals surface area contributed by atoms with Crippen molar-refractivity contribution in [3.63, 3.8) is 0 Å². The Morgan fingerprint density at radius 2 is 1.64 bits per heavy atom. The van der Waals surface area contributed by atoms with Crippen LogP contribution in [-0.2, 0) is 11.3 Å². The molecule has 2 aliphatic heterocycles. The van der Waals surface area contributed by atoms with Gasteiger partial charge in [-0.2, -0.15) is 0 Å². The van der Waals surface area contributed by atoms with Gasteiger partial charge in [0.2, 0.25) is 0 Å². The third-order valence-corrected chi connectivity index (χ3v) is 8.39. The second kappa shape index (κ2) is 12.9. The zero-order chi connectivity index (χ0) is 30.6. The van der Waals surface area contributed by atoms with Crippen LogP contribution in [0, 0.1) is 12.7 Å². The molecule has 4 aromatic rings. The number of nitrogens with one attached hydrogen (secondary N) is 3. The number of anilines is 2. The number of carbonyl (C=O) groups is 2. The summed E-state index contributed by atoms with van der Waals surface area (Å²) in [5, 5.41) is 9.51. The van der Waals surface area contributed by atoms with E-state index in [4.69, 9.17) is 0 Å². The summed E-state index contributed by atoms with van der Waals surface area (Å²) in [7, 11) is 0. The van der Waals surface area contributed by atoms with Gasteiger partial charge >= 0.3 is 0 Å². The number of piperidine rings is 1. The second-order valence-corrected chi connectivity index (χ2v) is 11.7. The van der Waals surface area contributed by atoms with E-state index in [0.29, 0.717) is 33.6 Å². The molecule has 0 aliphatic carbocycles. The van der Waals surface area contributed by atoms with Gasteiger partial charge in [-0.15, -0.1) is 0 Å². The molecular formula is C37H37FN4O2. The van der Waals surface area contributed by atoms with Gasteiger partial charge in [-0.3, -0.25) is 14.5 Å². The number of hydrogen-bond acceptors (Lipinski definition) is 4. The van der Waals surface area contributed by atoms with Crippen molar-refractivity contribution >= 4 is 34.5 Å². The Morgan fingerprint density at radius 3 is 2.39 bits per heavy atom. The highest BCUT2D eigenvalue weighted by molar-refractivity contribution is 6.37. The first-order chi connectivity index (χ1) is 21.3. The van der Waals surface area contributed by atoms with Gasteiger partial charge in [0, 0.05) is 29.0 Å². The van der Waals surface area contributed by atoms with Crippen molar-refractivity contribution in [2.24, 2.45) is 0 Å². The minimum absolute atomic E-state index is 0.195. The lowest BCUT2D eigenvalue weighted by Crippen LogP contribution is -2.29. The number of fused-ring (bicyclic) bond motifs is 1. The molecule has 0 aromatic heterocycles. The molecule has 0 radical (unpaired) electrons. The third-order valence-electron chi connectivity index (χ3n) is 8.39. The highest BCUT2D eigenvalue weighted by Crippen LogP contribution is 2.38. The lowest BCUT2D eigenvalue weighted by molar-refractivity contribution is -0.110. The maximum absolute atomic E-state index is 14.0. The predicted octanol–water partition coefficient (Wildman–Crippen LogP) is 7.54. The summed E-state index contributed by atoms with van der Waals surface area (Å²) in [5.74, 6) is -0.886. The van der Waals surface area contributed by atoms with Gasteiger partial charge in [-0.25, -0.2) is 4.39 Å².